The first kappa shape index (κ1) is 26.7. The Morgan fingerprint density at radius 1 is 0.644 bits per heavy atom. The van der Waals surface area contributed by atoms with E-state index < -0.39 is 0 Å². The number of nitrogens with zero attached hydrogens (tertiary/aromatic N) is 1. The molecule has 5 aromatic carbocycles. The van der Waals surface area contributed by atoms with Crippen LogP contribution in [0.25, 0.3) is 42.1 Å². The van der Waals surface area contributed by atoms with Crippen molar-refractivity contribution in [3.63, 3.8) is 0 Å². The third-order valence-electron chi connectivity index (χ3n) is 10.3. The second-order valence-corrected chi connectivity index (χ2v) is 14.2. The first-order valence-corrected chi connectivity index (χ1v) is 17.0. The van der Waals surface area contributed by atoms with E-state index in [0.29, 0.717) is 0 Å². The molecule has 0 amide bonds. The van der Waals surface area contributed by atoms with Gasteiger partial charge in [-0.1, -0.05) is 117 Å². The summed E-state index contributed by atoms with van der Waals surface area (Å²) >= 11 is 1.93. The molecule has 1 aromatic heterocycles. The highest BCUT2D eigenvalue weighted by atomic mass is 32.1. The molecule has 3 aliphatic carbocycles. The number of thiophene rings is 1. The van der Waals surface area contributed by atoms with E-state index in [1.807, 2.05) is 11.3 Å². The van der Waals surface area contributed by atoms with E-state index in [-0.39, 0.29) is 5.41 Å². The van der Waals surface area contributed by atoms with Crippen molar-refractivity contribution in [1.82, 2.24) is 0 Å². The number of hydrogen-bond acceptors (Lipinski definition) is 2. The molecule has 0 spiro atoms. The smallest absolute Gasteiger partial charge is 0.0637 e. The summed E-state index contributed by atoms with van der Waals surface area (Å²) in [6.07, 6.45) is 16.0. The molecular formula is C43H35NS. The van der Waals surface area contributed by atoms with Gasteiger partial charge in [0, 0.05) is 32.1 Å². The fraction of sp³-hybridized carbons (Fsp3) is 0.163. The fourth-order valence-electron chi connectivity index (χ4n) is 8.04. The lowest BCUT2D eigenvalue weighted by molar-refractivity contribution is 0.660. The van der Waals surface area contributed by atoms with Gasteiger partial charge in [0.2, 0.25) is 0 Å². The lowest BCUT2D eigenvalue weighted by Gasteiger charge is -2.32. The van der Waals surface area contributed by atoms with Crippen molar-refractivity contribution in [2.24, 2.45) is 0 Å². The lowest BCUT2D eigenvalue weighted by atomic mass is 9.82. The van der Waals surface area contributed by atoms with Crippen molar-refractivity contribution in [1.29, 1.82) is 0 Å². The Bertz CT molecular complexity index is 2300. The molecule has 45 heavy (non-hydrogen) atoms. The molecule has 1 heterocycles. The Hall–Kier alpha value is -4.66. The highest BCUT2D eigenvalue weighted by Crippen LogP contribution is 2.55. The maximum atomic E-state index is 2.61. The van der Waals surface area contributed by atoms with Gasteiger partial charge in [0.25, 0.3) is 0 Å². The van der Waals surface area contributed by atoms with Crippen LogP contribution < -0.4 is 4.90 Å². The summed E-state index contributed by atoms with van der Waals surface area (Å²) in [6.45, 7) is 4.76. The van der Waals surface area contributed by atoms with Gasteiger partial charge in [0.15, 0.2) is 0 Å². The number of anilines is 2. The van der Waals surface area contributed by atoms with Crippen LogP contribution in [0.2, 0.25) is 0 Å². The second kappa shape index (κ2) is 10.2. The molecule has 0 bridgehead atoms. The monoisotopic (exact) mass is 597 g/mol. The number of fused-ring (bicyclic) bond motifs is 8. The largest absolute Gasteiger partial charge is 0.312 e. The van der Waals surface area contributed by atoms with Crippen LogP contribution >= 0.6 is 11.3 Å². The normalized spacial score (nSPS) is 16.8. The molecule has 3 aliphatic rings. The molecule has 0 saturated heterocycles. The Balaban J connectivity index is 1.32. The minimum Gasteiger partial charge on any atom is -0.312 e. The summed E-state index contributed by atoms with van der Waals surface area (Å²) in [6, 6.07) is 36.4. The molecule has 0 aliphatic heterocycles. The molecule has 0 atom stereocenters. The van der Waals surface area contributed by atoms with E-state index in [2.05, 4.69) is 146 Å². The molecular weight excluding hydrogens is 563 g/mol. The molecule has 0 radical (unpaired) electrons. The maximum Gasteiger partial charge on any atom is 0.0637 e. The van der Waals surface area contributed by atoms with Gasteiger partial charge in [0.05, 0.1) is 16.1 Å². The SMILES string of the molecule is CC1(C)c2ccccc2-c2c(N(C3=CC=C(C4=CC=CCC4)CC3)c3cccc4c3sc3ccc5ccccc5c34)cccc21. The van der Waals surface area contributed by atoms with Crippen molar-refractivity contribution >= 4 is 53.7 Å². The lowest BCUT2D eigenvalue weighted by Crippen LogP contribution is -2.20. The van der Waals surface area contributed by atoms with Crippen LogP contribution in [0, 0.1) is 0 Å². The van der Waals surface area contributed by atoms with E-state index in [1.165, 1.54) is 81.4 Å². The van der Waals surface area contributed by atoms with Crippen molar-refractivity contribution in [3.8, 4) is 11.1 Å². The van der Waals surface area contributed by atoms with Gasteiger partial charge in [0.1, 0.15) is 0 Å². The zero-order valence-electron chi connectivity index (χ0n) is 25.8. The zero-order chi connectivity index (χ0) is 30.1. The number of allylic oxidation sites excluding steroid dienone is 8. The molecule has 2 heteroatoms. The van der Waals surface area contributed by atoms with Crippen LogP contribution in [0.1, 0.15) is 50.7 Å². The van der Waals surface area contributed by atoms with E-state index in [0.717, 1.165) is 25.7 Å². The molecule has 0 saturated carbocycles. The topological polar surface area (TPSA) is 3.24 Å². The number of benzene rings is 5. The Morgan fingerprint density at radius 3 is 2.29 bits per heavy atom. The minimum atomic E-state index is -0.0505. The van der Waals surface area contributed by atoms with E-state index in [9.17, 15) is 0 Å². The summed E-state index contributed by atoms with van der Waals surface area (Å²) in [5.74, 6) is 0. The van der Waals surface area contributed by atoms with E-state index in [1.54, 1.807) is 0 Å². The Kier molecular flexibility index (Phi) is 6.05. The van der Waals surface area contributed by atoms with Crippen molar-refractivity contribution in [2.45, 2.75) is 44.9 Å². The Morgan fingerprint density at radius 2 is 1.42 bits per heavy atom. The number of rotatable bonds is 4. The first-order valence-electron chi connectivity index (χ1n) is 16.2. The molecule has 0 unspecified atom stereocenters. The standard InChI is InChI=1S/C43H35NS/c1-43(2)35-18-9-8-16-33(35)41-36(43)19-11-20-37(41)44(31-25-22-29(23-26-31)28-12-4-3-5-13-28)38-21-10-17-34-40-32-15-7-6-14-30(32)24-27-39(40)45-42(34)38/h3-4,6-12,14-22,24-25,27H,5,13,23,26H2,1-2H3. The molecule has 6 aromatic rings. The van der Waals surface area contributed by atoms with Crippen LogP contribution in [-0.2, 0) is 5.41 Å². The van der Waals surface area contributed by atoms with Crippen molar-refractivity contribution < 1.29 is 0 Å². The maximum absolute atomic E-state index is 2.61. The average Bonchev–Trinajstić information content (AvgIpc) is 3.59. The van der Waals surface area contributed by atoms with E-state index in [4.69, 9.17) is 0 Å². The molecule has 0 fully saturated rings. The van der Waals surface area contributed by atoms with E-state index >= 15 is 0 Å². The van der Waals surface area contributed by atoms with Gasteiger partial charge in [-0.3, -0.25) is 0 Å². The van der Waals surface area contributed by atoms with Crippen LogP contribution in [0.15, 0.2) is 144 Å². The third kappa shape index (κ3) is 4.05. The highest BCUT2D eigenvalue weighted by Gasteiger charge is 2.38. The predicted molar refractivity (Wildman–Crippen MR) is 195 cm³/mol. The van der Waals surface area contributed by atoms with Gasteiger partial charge in [-0.25, -0.2) is 0 Å². The third-order valence-corrected chi connectivity index (χ3v) is 11.5. The van der Waals surface area contributed by atoms with Gasteiger partial charge in [-0.2, -0.15) is 0 Å². The molecule has 218 valence electrons. The predicted octanol–water partition coefficient (Wildman–Crippen LogP) is 12.5. The summed E-state index contributed by atoms with van der Waals surface area (Å²) < 4.78 is 2.70. The summed E-state index contributed by atoms with van der Waals surface area (Å²) in [4.78, 5) is 2.61. The quantitative estimate of drug-likeness (QED) is 0.195. The van der Waals surface area contributed by atoms with Gasteiger partial charge in [-0.15, -0.1) is 11.3 Å². The van der Waals surface area contributed by atoms with Crippen molar-refractivity contribution in [3.05, 3.63) is 155 Å². The first-order chi connectivity index (χ1) is 22.1. The second-order valence-electron chi connectivity index (χ2n) is 13.1. The molecule has 1 nitrogen and oxygen atoms in total. The molecule has 0 N–H and O–H groups in total. The van der Waals surface area contributed by atoms with Crippen LogP contribution in [0.5, 0.6) is 0 Å². The highest BCUT2D eigenvalue weighted by molar-refractivity contribution is 7.26. The Labute approximate surface area is 269 Å². The summed E-state index contributed by atoms with van der Waals surface area (Å²) in [5, 5.41) is 5.35. The van der Waals surface area contributed by atoms with Gasteiger partial charge in [-0.05, 0) is 88.6 Å². The van der Waals surface area contributed by atoms with Gasteiger partial charge < -0.3 is 4.90 Å². The van der Waals surface area contributed by atoms with Crippen LogP contribution in [0.3, 0.4) is 0 Å². The zero-order valence-corrected chi connectivity index (χ0v) is 26.6. The van der Waals surface area contributed by atoms with Crippen LogP contribution in [0.4, 0.5) is 11.4 Å². The fourth-order valence-corrected chi connectivity index (χ4v) is 9.26. The van der Waals surface area contributed by atoms with Gasteiger partial charge >= 0.3 is 0 Å². The van der Waals surface area contributed by atoms with Crippen LogP contribution in [-0.4, -0.2) is 0 Å². The molecule has 9 rings (SSSR count). The minimum absolute atomic E-state index is 0.0505. The average molecular weight is 598 g/mol. The summed E-state index contributed by atoms with van der Waals surface area (Å²) in [5.41, 5.74) is 12.4. The van der Waals surface area contributed by atoms with Crippen molar-refractivity contribution in [2.75, 3.05) is 4.90 Å². The summed E-state index contributed by atoms with van der Waals surface area (Å²) in [7, 11) is 0. The number of hydrogen-bond donors (Lipinski definition) is 0.